The summed E-state index contributed by atoms with van der Waals surface area (Å²) in [5.74, 6) is 0.0531. The Balaban J connectivity index is 1.44. The summed E-state index contributed by atoms with van der Waals surface area (Å²) >= 11 is 1.53. The quantitative estimate of drug-likeness (QED) is 0.559. The van der Waals surface area contributed by atoms with Crippen LogP contribution in [0.5, 0.6) is 0 Å². The number of para-hydroxylation sites is 1. The first kappa shape index (κ1) is 17.5. The molecule has 0 bridgehead atoms. The molecule has 4 aromatic rings. The molecule has 4 nitrogen and oxygen atoms in total. The number of benzene rings is 2. The highest BCUT2D eigenvalue weighted by Gasteiger charge is 2.30. The summed E-state index contributed by atoms with van der Waals surface area (Å²) in [7, 11) is 2.11. The van der Waals surface area contributed by atoms with Crippen molar-refractivity contribution in [2.24, 2.45) is 12.8 Å². The number of hydrogen-bond donors (Lipinski definition) is 1. The minimum atomic E-state index is -0.302. The van der Waals surface area contributed by atoms with Gasteiger partial charge in [0.05, 0.1) is 4.88 Å². The number of hydrogen-bond acceptors (Lipinski definition) is 3. The summed E-state index contributed by atoms with van der Waals surface area (Å²) in [6, 6.07) is 16.8. The van der Waals surface area contributed by atoms with Gasteiger partial charge in [0.25, 0.3) is 5.91 Å². The first-order chi connectivity index (χ1) is 13.6. The summed E-state index contributed by atoms with van der Waals surface area (Å²) in [5.41, 5.74) is 9.52. The number of likely N-dealkylation sites (tertiary alicyclic amines) is 1. The van der Waals surface area contributed by atoms with Crippen LogP contribution in [0.2, 0.25) is 0 Å². The van der Waals surface area contributed by atoms with E-state index >= 15 is 0 Å². The molecule has 5 heteroatoms. The van der Waals surface area contributed by atoms with Gasteiger partial charge in [0.1, 0.15) is 0 Å². The molecular formula is C23H23N3OS. The summed E-state index contributed by atoms with van der Waals surface area (Å²) in [4.78, 5) is 15.3. The smallest absolute Gasteiger partial charge is 0.259 e. The number of nitrogens with zero attached hydrogens (tertiary/aromatic N) is 2. The van der Waals surface area contributed by atoms with Crippen molar-refractivity contribution in [1.29, 1.82) is 0 Å². The van der Waals surface area contributed by atoms with Crippen molar-refractivity contribution in [3.63, 3.8) is 0 Å². The number of aryl methyl sites for hydroxylation is 1. The van der Waals surface area contributed by atoms with Crippen LogP contribution in [-0.2, 0) is 13.6 Å². The van der Waals surface area contributed by atoms with Crippen molar-refractivity contribution in [1.82, 2.24) is 9.47 Å². The maximum Gasteiger partial charge on any atom is 0.259 e. The van der Waals surface area contributed by atoms with Crippen LogP contribution in [0.1, 0.15) is 33.1 Å². The van der Waals surface area contributed by atoms with Gasteiger partial charge in [0, 0.05) is 47.9 Å². The van der Waals surface area contributed by atoms with Gasteiger partial charge in [0.2, 0.25) is 0 Å². The third kappa shape index (κ3) is 2.82. The number of carbonyl (C=O) groups excluding carboxylic acids is 1. The van der Waals surface area contributed by atoms with E-state index in [2.05, 4.69) is 59.1 Å². The first-order valence-electron chi connectivity index (χ1n) is 9.68. The van der Waals surface area contributed by atoms with Crippen molar-refractivity contribution < 1.29 is 4.79 Å². The SMILES string of the molecule is Cn1cc(CN2CC[C@H](c3c(C(N)=O)sc4ccccc34)C2)c2ccccc21. The molecule has 2 aromatic heterocycles. The number of amides is 1. The Morgan fingerprint density at radius 2 is 1.89 bits per heavy atom. The number of fused-ring (bicyclic) bond motifs is 2. The number of nitrogens with two attached hydrogens (primary N) is 1. The predicted molar refractivity (Wildman–Crippen MR) is 116 cm³/mol. The number of rotatable bonds is 4. The summed E-state index contributed by atoms with van der Waals surface area (Å²) in [5, 5.41) is 2.52. The third-order valence-electron chi connectivity index (χ3n) is 5.91. The molecule has 142 valence electrons. The zero-order chi connectivity index (χ0) is 19.3. The van der Waals surface area contributed by atoms with E-state index < -0.39 is 0 Å². The minimum Gasteiger partial charge on any atom is -0.365 e. The molecule has 1 aliphatic heterocycles. The lowest BCUT2D eigenvalue weighted by atomic mass is 9.95. The van der Waals surface area contributed by atoms with Gasteiger partial charge < -0.3 is 10.3 Å². The van der Waals surface area contributed by atoms with Crippen LogP contribution in [0, 0.1) is 0 Å². The van der Waals surface area contributed by atoms with Gasteiger partial charge in [-0.3, -0.25) is 9.69 Å². The fourth-order valence-electron chi connectivity index (χ4n) is 4.66. The van der Waals surface area contributed by atoms with Gasteiger partial charge in [-0.1, -0.05) is 36.4 Å². The molecule has 1 saturated heterocycles. The maximum atomic E-state index is 12.1. The lowest BCUT2D eigenvalue weighted by molar-refractivity contribution is 0.100. The van der Waals surface area contributed by atoms with Crippen LogP contribution < -0.4 is 5.73 Å². The zero-order valence-electron chi connectivity index (χ0n) is 15.9. The maximum absolute atomic E-state index is 12.1. The summed E-state index contributed by atoms with van der Waals surface area (Å²) in [6.45, 7) is 2.94. The normalized spacial score (nSPS) is 17.7. The van der Waals surface area contributed by atoms with Crippen molar-refractivity contribution in [3.8, 4) is 0 Å². The fourth-order valence-corrected chi connectivity index (χ4v) is 5.80. The van der Waals surface area contributed by atoms with Crippen LogP contribution >= 0.6 is 11.3 Å². The molecule has 0 unspecified atom stereocenters. The second-order valence-electron chi connectivity index (χ2n) is 7.71. The molecule has 3 heterocycles. The molecule has 28 heavy (non-hydrogen) atoms. The van der Waals surface area contributed by atoms with Gasteiger partial charge in [-0.2, -0.15) is 0 Å². The molecule has 1 amide bonds. The van der Waals surface area contributed by atoms with Crippen molar-refractivity contribution in [3.05, 3.63) is 70.7 Å². The van der Waals surface area contributed by atoms with E-state index in [1.807, 2.05) is 12.1 Å². The Morgan fingerprint density at radius 3 is 2.71 bits per heavy atom. The number of thiophene rings is 1. The average Bonchev–Trinajstić information content (AvgIpc) is 3.38. The summed E-state index contributed by atoms with van der Waals surface area (Å²) in [6.07, 6.45) is 3.30. The van der Waals surface area contributed by atoms with E-state index in [0.29, 0.717) is 5.92 Å². The molecule has 1 aliphatic rings. The molecule has 1 fully saturated rings. The molecule has 0 spiro atoms. The highest BCUT2D eigenvalue weighted by Crippen LogP contribution is 2.40. The van der Waals surface area contributed by atoms with Crippen LogP contribution in [-0.4, -0.2) is 28.5 Å². The van der Waals surface area contributed by atoms with Crippen molar-refractivity contribution in [2.75, 3.05) is 13.1 Å². The second kappa shape index (κ2) is 6.76. The molecule has 2 N–H and O–H groups in total. The topological polar surface area (TPSA) is 51.3 Å². The Labute approximate surface area is 168 Å². The average molecular weight is 390 g/mol. The lowest BCUT2D eigenvalue weighted by Crippen LogP contribution is -2.20. The van der Waals surface area contributed by atoms with Gasteiger partial charge in [-0.15, -0.1) is 11.3 Å². The fraction of sp³-hybridized carbons (Fsp3) is 0.261. The van der Waals surface area contributed by atoms with Crippen LogP contribution in [0.15, 0.2) is 54.7 Å². The molecule has 0 radical (unpaired) electrons. The Hall–Kier alpha value is -2.63. The predicted octanol–water partition coefficient (Wildman–Crippen LogP) is 4.48. The lowest BCUT2D eigenvalue weighted by Gasteiger charge is -2.16. The van der Waals surface area contributed by atoms with Crippen LogP contribution in [0.25, 0.3) is 21.0 Å². The van der Waals surface area contributed by atoms with Gasteiger partial charge in [-0.05, 0) is 41.6 Å². The van der Waals surface area contributed by atoms with E-state index in [9.17, 15) is 4.79 Å². The molecule has 0 saturated carbocycles. The van der Waals surface area contributed by atoms with E-state index in [4.69, 9.17) is 5.73 Å². The van der Waals surface area contributed by atoms with E-state index in [-0.39, 0.29) is 5.91 Å². The van der Waals surface area contributed by atoms with Gasteiger partial charge in [0.15, 0.2) is 0 Å². The van der Waals surface area contributed by atoms with Crippen molar-refractivity contribution in [2.45, 2.75) is 18.9 Å². The molecular weight excluding hydrogens is 366 g/mol. The van der Waals surface area contributed by atoms with E-state index in [1.165, 1.54) is 33.2 Å². The van der Waals surface area contributed by atoms with E-state index in [1.54, 1.807) is 0 Å². The third-order valence-corrected chi connectivity index (χ3v) is 7.11. The Kier molecular flexibility index (Phi) is 4.22. The standard InChI is InChI=1S/C23H23N3OS/c1-25-12-16(17-6-2-4-8-19(17)25)14-26-11-10-15(13-26)21-18-7-3-5-9-20(18)28-22(21)23(24)27/h2-9,12,15H,10-11,13-14H2,1H3,(H2,24,27)/t15-/m0/s1. The Bertz CT molecular complexity index is 1190. The zero-order valence-corrected chi connectivity index (χ0v) is 16.7. The number of carbonyl (C=O) groups is 1. The highest BCUT2D eigenvalue weighted by molar-refractivity contribution is 7.21. The minimum absolute atomic E-state index is 0.302. The Morgan fingerprint density at radius 1 is 1.14 bits per heavy atom. The largest absolute Gasteiger partial charge is 0.365 e. The second-order valence-corrected chi connectivity index (χ2v) is 8.76. The highest BCUT2D eigenvalue weighted by atomic mass is 32.1. The number of aromatic nitrogens is 1. The first-order valence-corrected chi connectivity index (χ1v) is 10.5. The molecule has 5 rings (SSSR count). The van der Waals surface area contributed by atoms with Crippen molar-refractivity contribution >= 4 is 38.2 Å². The molecule has 1 atom stereocenters. The van der Waals surface area contributed by atoms with Gasteiger partial charge in [-0.25, -0.2) is 0 Å². The monoisotopic (exact) mass is 389 g/mol. The van der Waals surface area contributed by atoms with Gasteiger partial charge >= 0.3 is 0 Å². The van der Waals surface area contributed by atoms with Crippen LogP contribution in [0.3, 0.4) is 0 Å². The molecule has 0 aliphatic carbocycles. The summed E-state index contributed by atoms with van der Waals surface area (Å²) < 4.78 is 3.36. The molecule has 2 aromatic carbocycles. The van der Waals surface area contributed by atoms with E-state index in [0.717, 1.165) is 41.2 Å². The number of primary amides is 1. The van der Waals surface area contributed by atoms with Crippen LogP contribution in [0.4, 0.5) is 0 Å².